The third kappa shape index (κ3) is 4.19. The first-order chi connectivity index (χ1) is 15.9. The molecule has 3 heterocycles. The molecule has 2 aromatic heterocycles. The van der Waals surface area contributed by atoms with Crippen molar-refractivity contribution in [2.45, 2.75) is 31.1 Å². The van der Waals surface area contributed by atoms with Gasteiger partial charge in [0.2, 0.25) is 10.0 Å². The Morgan fingerprint density at radius 1 is 1.09 bits per heavy atom. The molecule has 0 aliphatic carbocycles. The molecule has 2 N–H and O–H groups in total. The highest BCUT2D eigenvalue weighted by Crippen LogP contribution is 2.34. The molecule has 9 heteroatoms. The highest BCUT2D eigenvalue weighted by molar-refractivity contribution is 7.89. The molecule has 5 rings (SSSR count). The van der Waals surface area contributed by atoms with Crippen molar-refractivity contribution in [3.8, 4) is 11.3 Å². The zero-order valence-electron chi connectivity index (χ0n) is 18.2. The number of rotatable bonds is 5. The summed E-state index contributed by atoms with van der Waals surface area (Å²) in [6.07, 6.45) is 2.77. The summed E-state index contributed by atoms with van der Waals surface area (Å²) in [7, 11) is -3.61. The third-order valence-corrected chi connectivity index (χ3v) is 8.58. The Morgan fingerprint density at radius 2 is 1.88 bits per heavy atom. The number of hydrogen-bond donors (Lipinski definition) is 2. The average molecular weight is 481 g/mol. The van der Waals surface area contributed by atoms with Gasteiger partial charge >= 0.3 is 0 Å². The summed E-state index contributed by atoms with van der Waals surface area (Å²) in [5.41, 5.74) is 4.13. The summed E-state index contributed by atoms with van der Waals surface area (Å²) in [5, 5.41) is 6.27. The second-order valence-electron chi connectivity index (χ2n) is 8.16. The Hall–Kier alpha value is -3.01. The maximum Gasteiger partial charge on any atom is 0.257 e. The summed E-state index contributed by atoms with van der Waals surface area (Å²) < 4.78 is 27.5. The highest BCUT2D eigenvalue weighted by atomic mass is 32.2. The number of aromatic nitrogens is 2. The molecule has 1 amide bonds. The second-order valence-corrected chi connectivity index (χ2v) is 11.0. The summed E-state index contributed by atoms with van der Waals surface area (Å²) in [5.74, 6) is -0.387. The number of amides is 1. The van der Waals surface area contributed by atoms with E-state index in [0.29, 0.717) is 18.2 Å². The SMILES string of the molecule is Cc1[nH]c2ccccc2c1-c1csc(NC(=O)c2cccc(S(=O)(=O)N3CCCCC3)c2)n1. The van der Waals surface area contributed by atoms with Gasteiger partial charge < -0.3 is 4.98 Å². The fraction of sp³-hybridized carbons (Fsp3) is 0.250. The van der Waals surface area contributed by atoms with Gasteiger partial charge in [-0.15, -0.1) is 11.3 Å². The van der Waals surface area contributed by atoms with E-state index in [9.17, 15) is 13.2 Å². The number of benzene rings is 2. The molecule has 1 aliphatic heterocycles. The first-order valence-corrected chi connectivity index (χ1v) is 13.2. The number of thiazole rings is 1. The molecule has 0 radical (unpaired) electrons. The van der Waals surface area contributed by atoms with Gasteiger partial charge in [-0.2, -0.15) is 4.31 Å². The van der Waals surface area contributed by atoms with Gasteiger partial charge in [-0.05, 0) is 44.0 Å². The minimum absolute atomic E-state index is 0.145. The summed E-state index contributed by atoms with van der Waals surface area (Å²) >= 11 is 1.34. The first-order valence-electron chi connectivity index (χ1n) is 10.9. The van der Waals surface area contributed by atoms with Crippen LogP contribution in [0.2, 0.25) is 0 Å². The molecule has 7 nitrogen and oxygen atoms in total. The number of carbonyl (C=O) groups is 1. The standard InChI is InChI=1S/C24H24N4O3S2/c1-16-22(19-10-3-4-11-20(19)25-16)21-15-32-24(26-21)27-23(29)17-8-7-9-18(14-17)33(30,31)28-12-5-2-6-13-28/h3-4,7-11,14-15,25H,2,5-6,12-13H2,1H3,(H,26,27,29). The number of carbonyl (C=O) groups excluding carboxylic acids is 1. The van der Waals surface area contributed by atoms with Crippen molar-refractivity contribution in [2.24, 2.45) is 0 Å². The number of H-pyrrole nitrogens is 1. The number of hydrogen-bond acceptors (Lipinski definition) is 5. The molecule has 2 aromatic carbocycles. The maximum atomic E-state index is 13.0. The van der Waals surface area contributed by atoms with Crippen molar-refractivity contribution in [1.29, 1.82) is 0 Å². The van der Waals surface area contributed by atoms with Crippen LogP contribution in [0.25, 0.3) is 22.2 Å². The van der Waals surface area contributed by atoms with Gasteiger partial charge in [-0.1, -0.05) is 30.7 Å². The molecule has 0 spiro atoms. The lowest BCUT2D eigenvalue weighted by Gasteiger charge is -2.26. The van der Waals surface area contributed by atoms with Gasteiger partial charge in [-0.25, -0.2) is 13.4 Å². The smallest absolute Gasteiger partial charge is 0.257 e. The lowest BCUT2D eigenvalue weighted by molar-refractivity contribution is 0.102. The molecule has 1 fully saturated rings. The molecule has 33 heavy (non-hydrogen) atoms. The van der Waals surface area contributed by atoms with Crippen molar-refractivity contribution in [2.75, 3.05) is 18.4 Å². The monoisotopic (exact) mass is 480 g/mol. The van der Waals surface area contributed by atoms with E-state index < -0.39 is 10.0 Å². The van der Waals surface area contributed by atoms with Crippen molar-refractivity contribution >= 4 is 43.3 Å². The van der Waals surface area contributed by atoms with Crippen molar-refractivity contribution < 1.29 is 13.2 Å². The minimum Gasteiger partial charge on any atom is -0.358 e. The Balaban J connectivity index is 1.37. The molecule has 1 saturated heterocycles. The van der Waals surface area contributed by atoms with E-state index >= 15 is 0 Å². The Kier molecular flexibility index (Phi) is 5.77. The van der Waals surface area contributed by atoms with E-state index in [1.165, 1.54) is 21.7 Å². The van der Waals surface area contributed by atoms with Crippen LogP contribution in [-0.4, -0.2) is 41.7 Å². The number of para-hydroxylation sites is 1. The predicted octanol–water partition coefficient (Wildman–Crippen LogP) is 5.03. The number of aromatic amines is 1. The van der Waals surface area contributed by atoms with Crippen LogP contribution in [0.4, 0.5) is 5.13 Å². The molecule has 0 atom stereocenters. The van der Waals surface area contributed by atoms with Gasteiger partial charge in [0.05, 0.1) is 10.6 Å². The molecule has 0 unspecified atom stereocenters. The number of aryl methyl sites for hydroxylation is 1. The maximum absolute atomic E-state index is 13.0. The lowest BCUT2D eigenvalue weighted by atomic mass is 10.1. The van der Waals surface area contributed by atoms with E-state index in [2.05, 4.69) is 15.3 Å². The number of nitrogens with one attached hydrogen (secondary N) is 2. The summed E-state index contributed by atoms with van der Waals surface area (Å²) in [4.78, 5) is 21.0. The van der Waals surface area contributed by atoms with Crippen LogP contribution in [0.3, 0.4) is 0 Å². The van der Waals surface area contributed by atoms with Gasteiger partial charge in [0.25, 0.3) is 5.91 Å². The van der Waals surface area contributed by atoms with Crippen molar-refractivity contribution in [3.05, 3.63) is 65.2 Å². The molecule has 4 aromatic rings. The predicted molar refractivity (Wildman–Crippen MR) is 131 cm³/mol. The van der Waals surface area contributed by atoms with E-state index in [1.54, 1.807) is 18.2 Å². The zero-order valence-corrected chi connectivity index (χ0v) is 19.8. The number of fused-ring (bicyclic) bond motifs is 1. The number of anilines is 1. The largest absolute Gasteiger partial charge is 0.358 e. The van der Waals surface area contributed by atoms with Crippen LogP contribution in [0.15, 0.2) is 58.8 Å². The molecule has 170 valence electrons. The van der Waals surface area contributed by atoms with Crippen molar-refractivity contribution in [3.63, 3.8) is 0 Å². The van der Waals surface area contributed by atoms with E-state index in [4.69, 9.17) is 0 Å². The molecular weight excluding hydrogens is 456 g/mol. The Morgan fingerprint density at radius 3 is 2.70 bits per heavy atom. The summed E-state index contributed by atoms with van der Waals surface area (Å²) in [6.45, 7) is 3.04. The van der Waals surface area contributed by atoms with Gasteiger partial charge in [0, 0.05) is 46.2 Å². The number of piperidine rings is 1. The van der Waals surface area contributed by atoms with Gasteiger partial charge in [0.1, 0.15) is 0 Å². The molecular formula is C24H24N4O3S2. The van der Waals surface area contributed by atoms with Crippen LogP contribution in [0.5, 0.6) is 0 Å². The fourth-order valence-corrected chi connectivity index (χ4v) is 6.53. The summed E-state index contributed by atoms with van der Waals surface area (Å²) in [6, 6.07) is 14.2. The second kappa shape index (κ2) is 8.74. The Labute approximate surface area is 196 Å². The lowest BCUT2D eigenvalue weighted by Crippen LogP contribution is -2.35. The van der Waals surface area contributed by atoms with Crippen LogP contribution < -0.4 is 5.32 Å². The Bertz CT molecular complexity index is 1430. The zero-order chi connectivity index (χ0) is 23.0. The van der Waals surface area contributed by atoms with E-state index in [-0.39, 0.29) is 16.4 Å². The third-order valence-electron chi connectivity index (χ3n) is 5.92. The molecule has 0 saturated carbocycles. The van der Waals surface area contributed by atoms with Gasteiger partial charge in [-0.3, -0.25) is 10.1 Å². The fourth-order valence-electron chi connectivity index (χ4n) is 4.27. The van der Waals surface area contributed by atoms with Crippen LogP contribution in [-0.2, 0) is 10.0 Å². The number of nitrogens with zero attached hydrogens (tertiary/aromatic N) is 2. The van der Waals surface area contributed by atoms with E-state index in [0.717, 1.165) is 47.1 Å². The first kappa shape index (κ1) is 21.8. The highest BCUT2D eigenvalue weighted by Gasteiger charge is 2.26. The quantitative estimate of drug-likeness (QED) is 0.419. The average Bonchev–Trinajstić information content (AvgIpc) is 3.42. The normalized spacial score (nSPS) is 15.1. The molecule has 1 aliphatic rings. The van der Waals surface area contributed by atoms with E-state index in [1.807, 2.05) is 36.6 Å². The van der Waals surface area contributed by atoms with Crippen LogP contribution in [0, 0.1) is 6.92 Å². The minimum atomic E-state index is -3.61. The van der Waals surface area contributed by atoms with Crippen LogP contribution >= 0.6 is 11.3 Å². The molecule has 0 bridgehead atoms. The number of sulfonamides is 1. The van der Waals surface area contributed by atoms with Crippen LogP contribution in [0.1, 0.15) is 35.3 Å². The van der Waals surface area contributed by atoms with Gasteiger partial charge in [0.15, 0.2) is 5.13 Å². The topological polar surface area (TPSA) is 95.2 Å². The van der Waals surface area contributed by atoms with Crippen molar-refractivity contribution in [1.82, 2.24) is 14.3 Å².